The molecule has 2 aromatic rings. The van der Waals surface area contributed by atoms with Crippen LogP contribution in [-0.2, 0) is 16.1 Å². The molecule has 3 heterocycles. The van der Waals surface area contributed by atoms with Gasteiger partial charge in [0.05, 0.1) is 19.6 Å². The Hall–Kier alpha value is -2.11. The average Bonchev–Trinajstić information content (AvgIpc) is 2.97. The second-order valence-electron chi connectivity index (χ2n) is 7.61. The third-order valence-corrected chi connectivity index (χ3v) is 6.00. The molecule has 3 aliphatic heterocycles. The van der Waals surface area contributed by atoms with Gasteiger partial charge in [0.1, 0.15) is 5.75 Å². The lowest BCUT2D eigenvalue weighted by molar-refractivity contribution is -0.140. The summed E-state index contributed by atoms with van der Waals surface area (Å²) in [6, 6.07) is 12.9. The summed E-state index contributed by atoms with van der Waals surface area (Å²) in [5.41, 5.74) is 1.22. The molecule has 0 radical (unpaired) electrons. The van der Waals surface area contributed by atoms with E-state index in [1.54, 1.807) is 14.2 Å². The second kappa shape index (κ2) is 7.87. The number of amides is 1. The van der Waals surface area contributed by atoms with Crippen molar-refractivity contribution in [2.75, 3.05) is 40.5 Å². The molecule has 27 heavy (non-hydrogen) atoms. The predicted octanol–water partition coefficient (Wildman–Crippen LogP) is 2.92. The fourth-order valence-electron chi connectivity index (χ4n) is 4.64. The number of piperidine rings is 1. The summed E-state index contributed by atoms with van der Waals surface area (Å²) in [5.74, 6) is 1.32. The highest BCUT2D eigenvalue weighted by molar-refractivity contribution is 5.87. The lowest BCUT2D eigenvalue weighted by Gasteiger charge is -2.35. The third kappa shape index (κ3) is 3.54. The van der Waals surface area contributed by atoms with Gasteiger partial charge in [-0.2, -0.15) is 0 Å². The summed E-state index contributed by atoms with van der Waals surface area (Å²) in [5, 5.41) is 2.46. The highest BCUT2D eigenvalue weighted by Crippen LogP contribution is 2.33. The molecule has 3 saturated heterocycles. The Morgan fingerprint density at radius 3 is 2.74 bits per heavy atom. The van der Waals surface area contributed by atoms with Crippen LogP contribution in [0.2, 0.25) is 0 Å². The van der Waals surface area contributed by atoms with E-state index in [0.717, 1.165) is 38.2 Å². The van der Waals surface area contributed by atoms with Crippen LogP contribution in [0.1, 0.15) is 18.4 Å². The highest BCUT2D eigenvalue weighted by atomic mass is 16.5. The minimum absolute atomic E-state index is 0.0987. The number of hydrogen-bond acceptors (Lipinski definition) is 4. The van der Waals surface area contributed by atoms with Gasteiger partial charge in [-0.15, -0.1) is 0 Å². The summed E-state index contributed by atoms with van der Waals surface area (Å²) in [6.45, 7) is 3.85. The number of carbonyl (C=O) groups is 1. The fourth-order valence-corrected chi connectivity index (χ4v) is 4.64. The van der Waals surface area contributed by atoms with E-state index in [9.17, 15) is 4.79 Å². The first-order valence-electron chi connectivity index (χ1n) is 9.77. The first kappa shape index (κ1) is 18.3. The molecule has 3 aliphatic rings. The normalized spacial score (nSPS) is 23.0. The van der Waals surface area contributed by atoms with Gasteiger partial charge in [-0.25, -0.2) is 0 Å². The van der Waals surface area contributed by atoms with Gasteiger partial charge >= 0.3 is 0 Å². The zero-order chi connectivity index (χ0) is 18.8. The summed E-state index contributed by atoms with van der Waals surface area (Å²) in [4.78, 5) is 17.4. The van der Waals surface area contributed by atoms with Gasteiger partial charge in [-0.3, -0.25) is 9.69 Å². The van der Waals surface area contributed by atoms with Gasteiger partial charge in [0, 0.05) is 44.9 Å². The molecule has 0 N–H and O–H groups in total. The van der Waals surface area contributed by atoms with Gasteiger partial charge in [0.25, 0.3) is 0 Å². The average molecular weight is 368 g/mol. The number of hydrogen-bond donors (Lipinski definition) is 0. The maximum atomic E-state index is 12.9. The van der Waals surface area contributed by atoms with Crippen molar-refractivity contribution in [3.63, 3.8) is 0 Å². The molecule has 2 bridgehead atoms. The van der Waals surface area contributed by atoms with Crippen LogP contribution in [-0.4, -0.2) is 62.2 Å². The molecular formula is C22H28N2O3. The maximum Gasteiger partial charge on any atom is 0.227 e. The fraction of sp³-hybridized carbons (Fsp3) is 0.500. The number of benzene rings is 2. The molecule has 5 nitrogen and oxygen atoms in total. The van der Waals surface area contributed by atoms with Gasteiger partial charge in [0.2, 0.25) is 5.91 Å². The van der Waals surface area contributed by atoms with Crippen LogP contribution in [0.5, 0.6) is 5.75 Å². The summed E-state index contributed by atoms with van der Waals surface area (Å²) in [7, 11) is 3.43. The van der Waals surface area contributed by atoms with E-state index in [0.29, 0.717) is 19.1 Å². The molecule has 0 saturated carbocycles. The van der Waals surface area contributed by atoms with Crippen molar-refractivity contribution in [2.45, 2.75) is 25.4 Å². The van der Waals surface area contributed by atoms with E-state index in [2.05, 4.69) is 46.2 Å². The monoisotopic (exact) mass is 368 g/mol. The van der Waals surface area contributed by atoms with Crippen molar-refractivity contribution in [3.05, 3.63) is 42.0 Å². The molecule has 0 aliphatic carbocycles. The Labute approximate surface area is 160 Å². The Kier molecular flexibility index (Phi) is 5.32. The largest absolute Gasteiger partial charge is 0.496 e. The van der Waals surface area contributed by atoms with E-state index in [1.165, 1.54) is 16.3 Å². The molecule has 2 atom stereocenters. The van der Waals surface area contributed by atoms with Gasteiger partial charge in [-0.05, 0) is 29.7 Å². The first-order chi connectivity index (χ1) is 13.2. The lowest BCUT2D eigenvalue weighted by atomic mass is 9.94. The van der Waals surface area contributed by atoms with E-state index in [4.69, 9.17) is 9.47 Å². The SMILES string of the molecule is COCCN1C(=O)[C@H]2CC[C@@H]1CN(Cc1c(OC)ccc3ccccc13)C2. The molecule has 1 amide bonds. The van der Waals surface area contributed by atoms with Crippen molar-refractivity contribution < 1.29 is 14.3 Å². The lowest BCUT2D eigenvalue weighted by Crippen LogP contribution is -2.49. The number of carbonyl (C=O) groups excluding carboxylic acids is 1. The standard InChI is InChI=1S/C22H28N2O3/c1-26-12-11-24-18-9-7-17(22(24)25)13-23(14-18)15-20-19-6-4-3-5-16(19)8-10-21(20)27-2/h3-6,8,10,17-18H,7,9,11-15H2,1-2H3/t17-,18+/m0/s1. The highest BCUT2D eigenvalue weighted by Gasteiger charge is 2.40. The molecule has 2 aromatic carbocycles. The number of methoxy groups -OCH3 is 2. The molecule has 5 heteroatoms. The third-order valence-electron chi connectivity index (χ3n) is 6.00. The van der Waals surface area contributed by atoms with Crippen molar-refractivity contribution in [1.29, 1.82) is 0 Å². The number of fused-ring (bicyclic) bond motifs is 5. The predicted molar refractivity (Wildman–Crippen MR) is 106 cm³/mol. The van der Waals surface area contributed by atoms with Crippen LogP contribution in [0.15, 0.2) is 36.4 Å². The Bertz CT molecular complexity index is 822. The van der Waals surface area contributed by atoms with Crippen LogP contribution < -0.4 is 4.74 Å². The zero-order valence-corrected chi connectivity index (χ0v) is 16.2. The molecular weight excluding hydrogens is 340 g/mol. The van der Waals surface area contributed by atoms with Crippen LogP contribution in [0, 0.1) is 5.92 Å². The van der Waals surface area contributed by atoms with Gasteiger partial charge in [-0.1, -0.05) is 30.3 Å². The minimum Gasteiger partial charge on any atom is -0.496 e. The van der Waals surface area contributed by atoms with Crippen molar-refractivity contribution in [1.82, 2.24) is 9.80 Å². The molecule has 5 rings (SSSR count). The Morgan fingerprint density at radius 2 is 1.93 bits per heavy atom. The van der Waals surface area contributed by atoms with E-state index >= 15 is 0 Å². The summed E-state index contributed by atoms with van der Waals surface area (Å²) >= 11 is 0. The topological polar surface area (TPSA) is 42.0 Å². The van der Waals surface area contributed by atoms with Gasteiger partial charge < -0.3 is 14.4 Å². The van der Waals surface area contributed by atoms with Crippen molar-refractivity contribution in [3.8, 4) is 5.75 Å². The van der Waals surface area contributed by atoms with Gasteiger partial charge in [0.15, 0.2) is 0 Å². The minimum atomic E-state index is 0.0987. The van der Waals surface area contributed by atoms with Crippen molar-refractivity contribution >= 4 is 16.7 Å². The first-order valence-corrected chi connectivity index (χ1v) is 9.77. The smallest absolute Gasteiger partial charge is 0.227 e. The van der Waals surface area contributed by atoms with Crippen LogP contribution in [0.3, 0.4) is 0 Å². The zero-order valence-electron chi connectivity index (χ0n) is 16.2. The molecule has 0 aromatic heterocycles. The summed E-state index contributed by atoms with van der Waals surface area (Å²) in [6.07, 6.45) is 2.08. The van der Waals surface area contributed by atoms with Crippen molar-refractivity contribution in [2.24, 2.45) is 5.92 Å². The molecule has 0 unspecified atom stereocenters. The number of ether oxygens (including phenoxy) is 2. The van der Waals surface area contributed by atoms with Crippen LogP contribution in [0.4, 0.5) is 0 Å². The number of rotatable bonds is 6. The molecule has 0 spiro atoms. The van der Waals surface area contributed by atoms with E-state index in [-0.39, 0.29) is 12.0 Å². The van der Waals surface area contributed by atoms with Crippen LogP contribution >= 0.6 is 0 Å². The molecule has 3 fully saturated rings. The van der Waals surface area contributed by atoms with E-state index < -0.39 is 0 Å². The van der Waals surface area contributed by atoms with E-state index in [1.807, 2.05) is 0 Å². The molecule has 144 valence electrons. The maximum absolute atomic E-state index is 12.9. The number of nitrogens with zero attached hydrogens (tertiary/aromatic N) is 2. The Balaban J connectivity index is 1.61. The Morgan fingerprint density at radius 1 is 1.07 bits per heavy atom. The van der Waals surface area contributed by atoms with Crippen LogP contribution in [0.25, 0.3) is 10.8 Å². The quantitative estimate of drug-likeness (QED) is 0.786. The second-order valence-corrected chi connectivity index (χ2v) is 7.61. The summed E-state index contributed by atoms with van der Waals surface area (Å²) < 4.78 is 10.9.